The van der Waals surface area contributed by atoms with Gasteiger partial charge in [0.1, 0.15) is 0 Å². The molecule has 360 valence electrons. The molecule has 5 heterocycles. The molecule has 5 N–H and O–H groups in total. The Balaban J connectivity index is 0.828. The van der Waals surface area contributed by atoms with Crippen LogP contribution in [0.15, 0.2) is 42.7 Å². The average Bonchev–Trinajstić information content (AvgIpc) is 3.91. The van der Waals surface area contributed by atoms with E-state index in [1.54, 1.807) is 38.5 Å². The Morgan fingerprint density at radius 1 is 0.940 bits per heavy atom. The van der Waals surface area contributed by atoms with Crippen LogP contribution < -0.4 is 26.2 Å². The maximum absolute atomic E-state index is 14.6. The van der Waals surface area contributed by atoms with Gasteiger partial charge in [0.2, 0.25) is 11.8 Å². The fraction of sp³-hybridized carbons (Fsp3) is 0.520. The fourth-order valence-electron chi connectivity index (χ4n) is 9.65. The number of allylic oxidation sites excluding steroid dienone is 1. The minimum absolute atomic E-state index is 0.00553. The standard InChI is InChI=1S/C50H67F2N11O3S/c1-33-25-38(14-15-40(33)49(66)58-50-57-29-34(2)67-50)55-19-10-8-6-5-7-9-11-20-56-46(65)32-60-22-16-39(17-23-60)63-44-18-24-61(35(3)64)31-43(44)48(59-63)62-21-12-13-36-26-41(37(28-53)30-54-4)42(47(51)52)27-45(36)62/h14-15,25-30,39,47,53-55H,5-13,16-24,31-32H2,1-4H3,(H,56,65)(H,57,58,66)/b37-30+,53-28?. The molecule has 4 aromatic rings. The largest absolute Gasteiger partial charge is 0.393 e. The summed E-state index contributed by atoms with van der Waals surface area (Å²) in [6.45, 7) is 10.6. The van der Waals surface area contributed by atoms with Gasteiger partial charge in [-0.15, -0.1) is 11.3 Å². The van der Waals surface area contributed by atoms with Gasteiger partial charge in [-0.2, -0.15) is 5.10 Å². The third kappa shape index (κ3) is 12.5. The molecule has 1 saturated heterocycles. The van der Waals surface area contributed by atoms with Crippen molar-refractivity contribution in [3.05, 3.63) is 86.7 Å². The molecule has 0 spiro atoms. The number of aryl methyl sites for hydroxylation is 3. The van der Waals surface area contributed by atoms with Crippen molar-refractivity contribution in [1.82, 2.24) is 35.2 Å². The lowest BCUT2D eigenvalue weighted by Gasteiger charge is -2.33. The number of benzene rings is 2. The van der Waals surface area contributed by atoms with Gasteiger partial charge in [-0.1, -0.05) is 32.1 Å². The first-order valence-corrected chi connectivity index (χ1v) is 24.8. The van der Waals surface area contributed by atoms with Crippen molar-refractivity contribution >= 4 is 63.2 Å². The number of nitrogens with one attached hydrogen (secondary N) is 5. The molecule has 0 radical (unpaired) electrons. The summed E-state index contributed by atoms with van der Waals surface area (Å²) in [5.74, 6) is 0.628. The Kier molecular flexibility index (Phi) is 17.2. The molecule has 2 aromatic carbocycles. The van der Waals surface area contributed by atoms with E-state index in [-0.39, 0.29) is 29.3 Å². The van der Waals surface area contributed by atoms with E-state index in [1.165, 1.54) is 24.2 Å². The number of nitrogens with zero attached hydrogens (tertiary/aromatic N) is 6. The second-order valence-electron chi connectivity index (χ2n) is 18.1. The lowest BCUT2D eigenvalue weighted by Crippen LogP contribution is -2.42. The Hall–Kier alpha value is -5.68. The molecule has 0 saturated carbocycles. The summed E-state index contributed by atoms with van der Waals surface area (Å²) in [5.41, 5.74) is 6.91. The van der Waals surface area contributed by atoms with Gasteiger partial charge in [0.15, 0.2) is 10.9 Å². The molecule has 0 aliphatic carbocycles. The van der Waals surface area contributed by atoms with Crippen LogP contribution in [0.4, 0.5) is 31.1 Å². The zero-order valence-electron chi connectivity index (χ0n) is 39.5. The summed E-state index contributed by atoms with van der Waals surface area (Å²) in [4.78, 5) is 49.7. The van der Waals surface area contributed by atoms with Gasteiger partial charge < -0.3 is 31.2 Å². The van der Waals surface area contributed by atoms with Gasteiger partial charge in [0, 0.05) is 122 Å². The van der Waals surface area contributed by atoms with Crippen LogP contribution in [-0.4, -0.2) is 101 Å². The zero-order valence-corrected chi connectivity index (χ0v) is 40.3. The lowest BCUT2D eigenvalue weighted by atomic mass is 9.92. The monoisotopic (exact) mass is 940 g/mol. The van der Waals surface area contributed by atoms with E-state index < -0.39 is 6.43 Å². The number of aromatic nitrogens is 3. The molecule has 17 heteroatoms. The van der Waals surface area contributed by atoms with Crippen LogP contribution in [0.25, 0.3) is 5.57 Å². The van der Waals surface area contributed by atoms with Gasteiger partial charge in [-0.25, -0.2) is 13.8 Å². The number of piperidine rings is 1. The lowest BCUT2D eigenvalue weighted by molar-refractivity contribution is -0.129. The molecule has 0 unspecified atom stereocenters. The van der Waals surface area contributed by atoms with E-state index in [4.69, 9.17) is 10.5 Å². The van der Waals surface area contributed by atoms with Crippen molar-refractivity contribution in [3.63, 3.8) is 0 Å². The molecule has 2 aromatic heterocycles. The zero-order chi connectivity index (χ0) is 47.5. The first kappa shape index (κ1) is 49.2. The minimum Gasteiger partial charge on any atom is -0.393 e. The second-order valence-corrected chi connectivity index (χ2v) is 19.3. The minimum atomic E-state index is -2.73. The van der Waals surface area contributed by atoms with Crippen molar-refractivity contribution in [2.24, 2.45) is 0 Å². The smallest absolute Gasteiger partial charge is 0.264 e. The van der Waals surface area contributed by atoms with E-state index >= 15 is 0 Å². The predicted molar refractivity (Wildman–Crippen MR) is 264 cm³/mol. The van der Waals surface area contributed by atoms with Crippen LogP contribution in [0.5, 0.6) is 0 Å². The van der Waals surface area contributed by atoms with Crippen LogP contribution in [-0.2, 0) is 29.0 Å². The number of likely N-dealkylation sites (tertiary alicyclic amines) is 1. The molecule has 67 heavy (non-hydrogen) atoms. The number of hydrogen-bond donors (Lipinski definition) is 5. The Morgan fingerprint density at radius 2 is 1.69 bits per heavy atom. The fourth-order valence-corrected chi connectivity index (χ4v) is 10.3. The molecule has 3 aliphatic heterocycles. The van der Waals surface area contributed by atoms with Gasteiger partial charge in [0.25, 0.3) is 12.3 Å². The summed E-state index contributed by atoms with van der Waals surface area (Å²) < 4.78 is 31.4. The number of thiazole rings is 1. The summed E-state index contributed by atoms with van der Waals surface area (Å²) >= 11 is 1.46. The maximum atomic E-state index is 14.6. The molecular formula is C50H67F2N11O3S. The number of carbonyl (C=O) groups excluding carboxylic acids is 3. The number of amides is 3. The van der Waals surface area contributed by atoms with E-state index in [1.807, 2.05) is 36.9 Å². The third-order valence-electron chi connectivity index (χ3n) is 13.2. The van der Waals surface area contributed by atoms with E-state index in [0.29, 0.717) is 66.7 Å². The molecule has 0 bridgehead atoms. The van der Waals surface area contributed by atoms with E-state index in [2.05, 4.69) is 40.7 Å². The summed E-state index contributed by atoms with van der Waals surface area (Å²) in [7, 11) is 1.69. The summed E-state index contributed by atoms with van der Waals surface area (Å²) in [6.07, 6.45) is 13.3. The molecule has 14 nitrogen and oxygen atoms in total. The van der Waals surface area contributed by atoms with Crippen LogP contribution in [0.3, 0.4) is 0 Å². The van der Waals surface area contributed by atoms with Crippen molar-refractivity contribution < 1.29 is 23.2 Å². The van der Waals surface area contributed by atoms with Crippen LogP contribution in [0.1, 0.15) is 132 Å². The topological polar surface area (TPSA) is 164 Å². The average molecular weight is 940 g/mol. The second kappa shape index (κ2) is 23.4. The van der Waals surface area contributed by atoms with Gasteiger partial charge in [0.05, 0.1) is 19.1 Å². The molecule has 7 rings (SSSR count). The number of halogens is 2. The highest BCUT2D eigenvalue weighted by atomic mass is 32.1. The third-order valence-corrected chi connectivity index (χ3v) is 14.1. The van der Waals surface area contributed by atoms with Gasteiger partial charge in [-0.3, -0.25) is 29.3 Å². The maximum Gasteiger partial charge on any atom is 0.264 e. The van der Waals surface area contributed by atoms with Crippen molar-refractivity contribution in [2.75, 3.05) is 68.4 Å². The normalized spacial score (nSPS) is 15.6. The van der Waals surface area contributed by atoms with E-state index in [0.717, 1.165) is 122 Å². The highest BCUT2D eigenvalue weighted by Gasteiger charge is 2.35. The number of alkyl halides is 2. The summed E-state index contributed by atoms with van der Waals surface area (Å²) in [5, 5.41) is 26.2. The Labute approximate surface area is 397 Å². The van der Waals surface area contributed by atoms with Crippen LogP contribution in [0, 0.1) is 19.3 Å². The molecular weight excluding hydrogens is 873 g/mol. The first-order chi connectivity index (χ1) is 32.4. The number of hydrogen-bond acceptors (Lipinski definition) is 11. The Morgan fingerprint density at radius 3 is 2.36 bits per heavy atom. The molecule has 3 aliphatic rings. The number of rotatable bonds is 21. The first-order valence-electron chi connectivity index (χ1n) is 24.0. The SMILES string of the molecule is CN/C=C(\C=N)c1cc2c(cc1C(F)F)N(c1nn(C3CCN(CC(=O)NCCCCCCCCCNc4ccc(C(=O)Nc5ncc(C)s5)c(C)c4)CC3)c3c1CN(C(C)=O)CC3)CCC2. The van der Waals surface area contributed by atoms with E-state index in [9.17, 15) is 23.2 Å². The predicted octanol–water partition coefficient (Wildman–Crippen LogP) is 8.94. The molecule has 0 atom stereocenters. The van der Waals surface area contributed by atoms with Crippen molar-refractivity contribution in [3.8, 4) is 0 Å². The van der Waals surface area contributed by atoms with Gasteiger partial charge >= 0.3 is 0 Å². The summed E-state index contributed by atoms with van der Waals surface area (Å²) in [6, 6.07) is 9.33. The quantitative estimate of drug-likeness (QED) is 0.0406. The van der Waals surface area contributed by atoms with Crippen molar-refractivity contribution in [2.45, 2.75) is 117 Å². The number of unbranched alkanes of at least 4 members (excludes halogenated alkanes) is 6. The van der Waals surface area contributed by atoms with Gasteiger partial charge in [-0.05, 0) is 99.4 Å². The highest BCUT2D eigenvalue weighted by molar-refractivity contribution is 7.15. The van der Waals surface area contributed by atoms with Crippen molar-refractivity contribution in [1.29, 1.82) is 5.41 Å². The number of fused-ring (bicyclic) bond motifs is 2. The Bertz CT molecular complexity index is 2410. The highest BCUT2D eigenvalue weighted by Crippen LogP contribution is 2.43. The molecule has 1 fully saturated rings. The number of carbonyl (C=O) groups is 3. The van der Waals surface area contributed by atoms with Crippen LogP contribution in [0.2, 0.25) is 0 Å². The molecule has 3 amide bonds. The van der Waals surface area contributed by atoms with Crippen LogP contribution >= 0.6 is 11.3 Å². The number of anilines is 4.